The van der Waals surface area contributed by atoms with Gasteiger partial charge in [-0.05, 0) is 52.9 Å². The van der Waals surface area contributed by atoms with E-state index < -0.39 is 5.82 Å². The molecule has 3 N–H and O–H groups in total. The Kier molecular flexibility index (Phi) is 3.93. The number of nitrogens with one attached hydrogen (secondary N) is 1. The van der Waals surface area contributed by atoms with Crippen LogP contribution in [-0.2, 0) is 0 Å². The van der Waals surface area contributed by atoms with Crippen LogP contribution < -0.4 is 11.1 Å². The number of piperidine rings is 1. The lowest BCUT2D eigenvalue weighted by molar-refractivity contribution is 0.463. The molecule has 124 valence electrons. The molecule has 1 aliphatic heterocycles. The van der Waals surface area contributed by atoms with Crippen LogP contribution in [0.4, 0.5) is 10.3 Å². The predicted molar refractivity (Wildman–Crippen MR) is 93.6 cm³/mol. The van der Waals surface area contributed by atoms with E-state index in [1.165, 1.54) is 0 Å². The van der Waals surface area contributed by atoms with E-state index in [9.17, 15) is 4.39 Å². The van der Waals surface area contributed by atoms with Crippen molar-refractivity contribution in [2.24, 2.45) is 0 Å². The average molecular weight is 391 g/mol. The number of halogens is 2. The Morgan fingerprint density at radius 1 is 1.33 bits per heavy atom. The van der Waals surface area contributed by atoms with Gasteiger partial charge in [-0.15, -0.1) is 0 Å². The first-order valence-electron chi connectivity index (χ1n) is 7.79. The second kappa shape index (κ2) is 6.10. The van der Waals surface area contributed by atoms with E-state index >= 15 is 0 Å². The van der Waals surface area contributed by atoms with E-state index in [1.54, 1.807) is 4.57 Å². The normalized spacial score (nSPS) is 18.2. The van der Waals surface area contributed by atoms with Crippen molar-refractivity contribution in [3.63, 3.8) is 0 Å². The molecule has 1 aliphatic rings. The van der Waals surface area contributed by atoms with Crippen LogP contribution in [0.2, 0.25) is 0 Å². The average Bonchev–Trinajstić information content (AvgIpc) is 2.96. The molecule has 1 unspecified atom stereocenters. The van der Waals surface area contributed by atoms with E-state index in [2.05, 4.69) is 36.2 Å². The molecule has 0 spiro atoms. The Hall–Kier alpha value is -2.06. The number of hydrogen-bond donors (Lipinski definition) is 2. The molecule has 4 heterocycles. The SMILES string of the molecule is Nc1ncc(F)c(-n2cc(C3CCCNC3)c3cnc(Br)cc32)n1. The molecule has 0 aliphatic carbocycles. The van der Waals surface area contributed by atoms with E-state index in [1.807, 2.05) is 18.5 Å². The lowest BCUT2D eigenvalue weighted by Gasteiger charge is -2.22. The minimum atomic E-state index is -0.512. The molecule has 0 bridgehead atoms. The number of rotatable bonds is 2. The van der Waals surface area contributed by atoms with Gasteiger partial charge in [0.1, 0.15) is 4.60 Å². The second-order valence-electron chi connectivity index (χ2n) is 5.92. The number of fused-ring (bicyclic) bond motifs is 1. The summed E-state index contributed by atoms with van der Waals surface area (Å²) in [6.07, 6.45) is 7.08. The van der Waals surface area contributed by atoms with Crippen LogP contribution in [0, 0.1) is 5.82 Å². The number of aromatic nitrogens is 4. The number of anilines is 1. The van der Waals surface area contributed by atoms with Gasteiger partial charge in [-0.1, -0.05) is 0 Å². The monoisotopic (exact) mass is 390 g/mol. The van der Waals surface area contributed by atoms with Gasteiger partial charge in [-0.25, -0.2) is 14.4 Å². The van der Waals surface area contributed by atoms with Crippen molar-refractivity contribution in [1.29, 1.82) is 0 Å². The maximum Gasteiger partial charge on any atom is 0.222 e. The zero-order valence-corrected chi connectivity index (χ0v) is 14.4. The highest BCUT2D eigenvalue weighted by atomic mass is 79.9. The minimum absolute atomic E-state index is 0.0438. The fourth-order valence-corrected chi connectivity index (χ4v) is 3.60. The second-order valence-corrected chi connectivity index (χ2v) is 6.73. The van der Waals surface area contributed by atoms with Gasteiger partial charge in [-0.2, -0.15) is 4.98 Å². The lowest BCUT2D eigenvalue weighted by atomic mass is 9.92. The number of nitrogens with two attached hydrogens (primary N) is 1. The summed E-state index contributed by atoms with van der Waals surface area (Å²) in [4.78, 5) is 12.1. The summed E-state index contributed by atoms with van der Waals surface area (Å²) in [6.45, 7) is 1.94. The van der Waals surface area contributed by atoms with Crippen molar-refractivity contribution in [2.75, 3.05) is 18.8 Å². The zero-order valence-electron chi connectivity index (χ0n) is 12.8. The molecular weight excluding hydrogens is 375 g/mol. The van der Waals surface area contributed by atoms with Crippen LogP contribution in [0.5, 0.6) is 0 Å². The van der Waals surface area contributed by atoms with Crippen molar-refractivity contribution in [1.82, 2.24) is 24.8 Å². The minimum Gasteiger partial charge on any atom is -0.368 e. The number of nitrogens with zero attached hydrogens (tertiary/aromatic N) is 4. The first kappa shape index (κ1) is 15.5. The van der Waals surface area contributed by atoms with Gasteiger partial charge in [0.15, 0.2) is 11.6 Å². The van der Waals surface area contributed by atoms with Crippen molar-refractivity contribution < 1.29 is 4.39 Å². The summed E-state index contributed by atoms with van der Waals surface area (Å²) in [5, 5.41) is 4.42. The Morgan fingerprint density at radius 2 is 2.21 bits per heavy atom. The first-order chi connectivity index (χ1) is 11.6. The fourth-order valence-electron chi connectivity index (χ4n) is 3.28. The van der Waals surface area contributed by atoms with Crippen LogP contribution in [0.15, 0.2) is 29.3 Å². The molecule has 0 saturated carbocycles. The molecular formula is C16H16BrFN6. The molecule has 0 amide bonds. The Morgan fingerprint density at radius 3 is 3.00 bits per heavy atom. The molecule has 24 heavy (non-hydrogen) atoms. The van der Waals surface area contributed by atoms with E-state index in [-0.39, 0.29) is 11.8 Å². The highest BCUT2D eigenvalue weighted by Gasteiger charge is 2.22. The van der Waals surface area contributed by atoms with Gasteiger partial charge in [0.05, 0.1) is 11.7 Å². The summed E-state index contributed by atoms with van der Waals surface area (Å²) in [6, 6.07) is 1.87. The van der Waals surface area contributed by atoms with Crippen LogP contribution in [0.3, 0.4) is 0 Å². The molecule has 1 fully saturated rings. The quantitative estimate of drug-likeness (QED) is 0.657. The summed E-state index contributed by atoms with van der Waals surface area (Å²) in [7, 11) is 0. The van der Waals surface area contributed by atoms with E-state index in [0.29, 0.717) is 10.5 Å². The third kappa shape index (κ3) is 2.65. The number of nitrogen functional groups attached to an aromatic ring is 1. The van der Waals surface area contributed by atoms with Crippen molar-refractivity contribution in [3.05, 3.63) is 40.6 Å². The molecule has 8 heteroatoms. The van der Waals surface area contributed by atoms with Gasteiger partial charge >= 0.3 is 0 Å². The van der Waals surface area contributed by atoms with Gasteiger partial charge in [-0.3, -0.25) is 4.57 Å². The van der Waals surface area contributed by atoms with Gasteiger partial charge < -0.3 is 11.1 Å². The smallest absolute Gasteiger partial charge is 0.222 e. The number of hydrogen-bond acceptors (Lipinski definition) is 5. The molecule has 1 saturated heterocycles. The van der Waals surface area contributed by atoms with Crippen LogP contribution >= 0.6 is 15.9 Å². The molecule has 3 aromatic heterocycles. The third-order valence-corrected chi connectivity index (χ3v) is 4.83. The van der Waals surface area contributed by atoms with Gasteiger partial charge in [0, 0.05) is 24.3 Å². The molecule has 6 nitrogen and oxygen atoms in total. The topological polar surface area (TPSA) is 81.6 Å². The van der Waals surface area contributed by atoms with Crippen LogP contribution in [-0.4, -0.2) is 32.6 Å². The Balaban J connectivity index is 1.94. The highest BCUT2D eigenvalue weighted by molar-refractivity contribution is 9.10. The summed E-state index contributed by atoms with van der Waals surface area (Å²) < 4.78 is 16.7. The standard InChI is InChI=1S/C16H16BrFN6/c17-14-4-13-10(6-21-14)11(9-2-1-3-20-5-9)8-24(13)15-12(18)7-22-16(19)23-15/h4,6-9,20H,1-3,5H2,(H2,19,22,23). The Bertz CT molecular complexity index is 903. The van der Waals surface area contributed by atoms with E-state index in [4.69, 9.17) is 5.73 Å². The maximum atomic E-state index is 14.3. The molecule has 4 rings (SSSR count). The predicted octanol–water partition coefficient (Wildman–Crippen LogP) is 2.77. The van der Waals surface area contributed by atoms with E-state index in [0.717, 1.165) is 48.6 Å². The highest BCUT2D eigenvalue weighted by Crippen LogP contribution is 2.34. The third-order valence-electron chi connectivity index (χ3n) is 4.40. The van der Waals surface area contributed by atoms with Crippen LogP contribution in [0.1, 0.15) is 24.3 Å². The zero-order chi connectivity index (χ0) is 16.7. The molecule has 1 atom stereocenters. The lowest BCUT2D eigenvalue weighted by Crippen LogP contribution is -2.28. The molecule has 0 aromatic carbocycles. The first-order valence-corrected chi connectivity index (χ1v) is 8.58. The largest absolute Gasteiger partial charge is 0.368 e. The maximum absolute atomic E-state index is 14.3. The molecule has 0 radical (unpaired) electrons. The molecule has 3 aromatic rings. The van der Waals surface area contributed by atoms with Crippen LogP contribution in [0.25, 0.3) is 16.7 Å². The van der Waals surface area contributed by atoms with Crippen molar-refractivity contribution in [3.8, 4) is 5.82 Å². The fraction of sp³-hybridized carbons (Fsp3) is 0.312. The van der Waals surface area contributed by atoms with Gasteiger partial charge in [0.25, 0.3) is 0 Å². The van der Waals surface area contributed by atoms with Crippen molar-refractivity contribution >= 4 is 32.8 Å². The summed E-state index contributed by atoms with van der Waals surface area (Å²) >= 11 is 3.39. The van der Waals surface area contributed by atoms with Crippen molar-refractivity contribution in [2.45, 2.75) is 18.8 Å². The Labute approximate surface area is 146 Å². The summed E-state index contributed by atoms with van der Waals surface area (Å²) in [5.74, 6) is 0.0537. The number of pyridine rings is 1. The summed E-state index contributed by atoms with van der Waals surface area (Å²) in [5.41, 5.74) is 7.64. The van der Waals surface area contributed by atoms with Gasteiger partial charge in [0.2, 0.25) is 5.95 Å².